The highest BCUT2D eigenvalue weighted by Gasteiger charge is 2.22. The van der Waals surface area contributed by atoms with Gasteiger partial charge in [-0.2, -0.15) is 5.26 Å². The fraction of sp³-hybridized carbons (Fsp3) is 0.417. The van der Waals surface area contributed by atoms with Crippen LogP contribution in [0.5, 0.6) is 0 Å². The normalized spacial score (nSPS) is 19.8. The molecule has 0 aromatic carbocycles. The number of carbonyl (C=O) groups excluding carboxylic acids is 1. The van der Waals surface area contributed by atoms with E-state index in [0.29, 0.717) is 12.1 Å². The third kappa shape index (κ3) is 2.60. The van der Waals surface area contributed by atoms with Crippen molar-refractivity contribution in [2.24, 2.45) is 5.73 Å². The summed E-state index contributed by atoms with van der Waals surface area (Å²) in [5.41, 5.74) is 6.60. The molecule has 88 valence electrons. The monoisotopic (exact) mass is 230 g/mol. The summed E-state index contributed by atoms with van der Waals surface area (Å²) in [5.74, 6) is -0.0703. The lowest BCUT2D eigenvalue weighted by Crippen LogP contribution is -2.45. The number of pyridine rings is 1. The summed E-state index contributed by atoms with van der Waals surface area (Å²) in [4.78, 5) is 17.7. The Morgan fingerprint density at radius 1 is 1.65 bits per heavy atom. The number of nitrogens with two attached hydrogens (primary N) is 1. The van der Waals surface area contributed by atoms with E-state index in [2.05, 4.69) is 4.98 Å². The molecule has 1 aliphatic rings. The lowest BCUT2D eigenvalue weighted by molar-refractivity contribution is 0.0708. The lowest BCUT2D eigenvalue weighted by atomic mass is 10.1. The van der Waals surface area contributed by atoms with Gasteiger partial charge in [0.2, 0.25) is 0 Å². The van der Waals surface area contributed by atoms with Crippen LogP contribution in [0.3, 0.4) is 0 Å². The minimum absolute atomic E-state index is 0.0602. The number of carbonyl (C=O) groups is 1. The fourth-order valence-electron chi connectivity index (χ4n) is 2.00. The minimum Gasteiger partial charge on any atom is -0.337 e. The molecule has 1 aromatic heterocycles. The number of hydrogen-bond donors (Lipinski definition) is 1. The number of nitriles is 1. The first kappa shape index (κ1) is 11.6. The first-order valence-electron chi connectivity index (χ1n) is 5.61. The topological polar surface area (TPSA) is 83.0 Å². The zero-order valence-corrected chi connectivity index (χ0v) is 9.47. The molecule has 1 fully saturated rings. The average Bonchev–Trinajstić information content (AvgIpc) is 2.38. The van der Waals surface area contributed by atoms with Crippen LogP contribution in [0.25, 0.3) is 0 Å². The van der Waals surface area contributed by atoms with Crippen LogP contribution in [0.4, 0.5) is 0 Å². The van der Waals surface area contributed by atoms with Gasteiger partial charge < -0.3 is 10.6 Å². The highest BCUT2D eigenvalue weighted by molar-refractivity contribution is 5.94. The molecule has 1 saturated heterocycles. The number of aromatic nitrogens is 1. The molecule has 2 N–H and O–H groups in total. The summed E-state index contributed by atoms with van der Waals surface area (Å²) in [6, 6.07) is 5.13. The van der Waals surface area contributed by atoms with Crippen LogP contribution in [0.15, 0.2) is 18.3 Å². The van der Waals surface area contributed by atoms with Crippen LogP contribution in [0.2, 0.25) is 0 Å². The van der Waals surface area contributed by atoms with E-state index in [4.69, 9.17) is 11.0 Å². The van der Waals surface area contributed by atoms with Crippen molar-refractivity contribution in [1.29, 1.82) is 5.26 Å². The highest BCUT2D eigenvalue weighted by Crippen LogP contribution is 2.12. The van der Waals surface area contributed by atoms with Gasteiger partial charge in [-0.3, -0.25) is 4.79 Å². The molecule has 1 atom stereocenters. The molecule has 0 spiro atoms. The predicted octanol–water partition coefficient (Wildman–Crippen LogP) is 0.517. The maximum Gasteiger partial charge on any atom is 0.254 e. The van der Waals surface area contributed by atoms with Gasteiger partial charge in [-0.05, 0) is 25.0 Å². The Morgan fingerprint density at radius 2 is 2.47 bits per heavy atom. The van der Waals surface area contributed by atoms with E-state index in [1.807, 2.05) is 6.07 Å². The van der Waals surface area contributed by atoms with Crippen LogP contribution in [0, 0.1) is 11.3 Å². The van der Waals surface area contributed by atoms with Crippen molar-refractivity contribution in [3.63, 3.8) is 0 Å². The van der Waals surface area contributed by atoms with Crippen molar-refractivity contribution < 1.29 is 4.79 Å². The zero-order valence-electron chi connectivity index (χ0n) is 9.47. The first-order chi connectivity index (χ1) is 8.20. The van der Waals surface area contributed by atoms with E-state index in [0.717, 1.165) is 19.4 Å². The molecule has 1 aliphatic heterocycles. The van der Waals surface area contributed by atoms with Gasteiger partial charge in [0.15, 0.2) is 0 Å². The minimum atomic E-state index is -0.0703. The van der Waals surface area contributed by atoms with Gasteiger partial charge in [0.1, 0.15) is 11.8 Å². The van der Waals surface area contributed by atoms with Crippen LogP contribution in [-0.2, 0) is 0 Å². The van der Waals surface area contributed by atoms with Gasteiger partial charge in [0, 0.05) is 30.9 Å². The molecular formula is C12H14N4O. The van der Waals surface area contributed by atoms with Crippen LogP contribution in [0.1, 0.15) is 28.9 Å². The van der Waals surface area contributed by atoms with Crippen LogP contribution < -0.4 is 5.73 Å². The molecular weight excluding hydrogens is 216 g/mol. The van der Waals surface area contributed by atoms with Crippen molar-refractivity contribution in [1.82, 2.24) is 9.88 Å². The summed E-state index contributed by atoms with van der Waals surface area (Å²) >= 11 is 0. The fourth-order valence-corrected chi connectivity index (χ4v) is 2.00. The number of piperidine rings is 1. The van der Waals surface area contributed by atoms with Crippen LogP contribution >= 0.6 is 0 Å². The average molecular weight is 230 g/mol. The maximum atomic E-state index is 12.1. The molecule has 0 radical (unpaired) electrons. The molecule has 17 heavy (non-hydrogen) atoms. The molecule has 5 nitrogen and oxygen atoms in total. The highest BCUT2D eigenvalue weighted by atomic mass is 16.2. The Labute approximate surface area is 99.9 Å². The summed E-state index contributed by atoms with van der Waals surface area (Å²) in [6.45, 7) is 1.32. The molecule has 0 bridgehead atoms. The second-order valence-electron chi connectivity index (χ2n) is 4.20. The van der Waals surface area contributed by atoms with Crippen molar-refractivity contribution >= 4 is 5.91 Å². The summed E-state index contributed by atoms with van der Waals surface area (Å²) < 4.78 is 0. The summed E-state index contributed by atoms with van der Waals surface area (Å²) in [7, 11) is 0. The van der Waals surface area contributed by atoms with E-state index in [9.17, 15) is 4.79 Å². The van der Waals surface area contributed by atoms with Crippen molar-refractivity contribution in [3.05, 3.63) is 29.6 Å². The maximum absolute atomic E-state index is 12.1. The predicted molar refractivity (Wildman–Crippen MR) is 62.1 cm³/mol. The van der Waals surface area contributed by atoms with E-state index in [-0.39, 0.29) is 17.6 Å². The van der Waals surface area contributed by atoms with Crippen molar-refractivity contribution in [2.45, 2.75) is 18.9 Å². The van der Waals surface area contributed by atoms with Crippen LogP contribution in [-0.4, -0.2) is 34.9 Å². The van der Waals surface area contributed by atoms with Gasteiger partial charge in [-0.25, -0.2) is 4.98 Å². The summed E-state index contributed by atoms with van der Waals surface area (Å²) in [6.07, 6.45) is 3.38. The SMILES string of the molecule is N#Cc1cc(C(=O)N2CCCC(N)C2)ccn1. The summed E-state index contributed by atoms with van der Waals surface area (Å²) in [5, 5.41) is 8.74. The third-order valence-electron chi connectivity index (χ3n) is 2.87. The quantitative estimate of drug-likeness (QED) is 0.762. The molecule has 2 rings (SSSR count). The van der Waals surface area contributed by atoms with E-state index < -0.39 is 0 Å². The standard InChI is InChI=1S/C12H14N4O/c13-7-11-6-9(3-4-15-11)12(17)16-5-1-2-10(14)8-16/h3-4,6,10H,1-2,5,8,14H2. The smallest absolute Gasteiger partial charge is 0.254 e. The largest absolute Gasteiger partial charge is 0.337 e. The van der Waals surface area contributed by atoms with Gasteiger partial charge in [0.25, 0.3) is 5.91 Å². The molecule has 0 saturated carbocycles. The molecule has 1 amide bonds. The van der Waals surface area contributed by atoms with E-state index >= 15 is 0 Å². The van der Waals surface area contributed by atoms with Gasteiger partial charge >= 0.3 is 0 Å². The van der Waals surface area contributed by atoms with E-state index in [1.165, 1.54) is 12.3 Å². The molecule has 2 heterocycles. The van der Waals surface area contributed by atoms with Gasteiger partial charge in [0.05, 0.1) is 0 Å². The van der Waals surface area contributed by atoms with Gasteiger partial charge in [-0.15, -0.1) is 0 Å². The zero-order chi connectivity index (χ0) is 12.3. The molecule has 1 unspecified atom stereocenters. The van der Waals surface area contributed by atoms with Crippen molar-refractivity contribution in [3.8, 4) is 6.07 Å². The number of hydrogen-bond acceptors (Lipinski definition) is 4. The number of likely N-dealkylation sites (tertiary alicyclic amines) is 1. The Bertz CT molecular complexity index is 466. The second kappa shape index (κ2) is 4.93. The Balaban J connectivity index is 2.16. The third-order valence-corrected chi connectivity index (χ3v) is 2.87. The van der Waals surface area contributed by atoms with Crippen molar-refractivity contribution in [2.75, 3.05) is 13.1 Å². The Morgan fingerprint density at radius 3 is 3.18 bits per heavy atom. The molecule has 5 heteroatoms. The molecule has 0 aliphatic carbocycles. The lowest BCUT2D eigenvalue weighted by Gasteiger charge is -2.30. The number of rotatable bonds is 1. The Hall–Kier alpha value is -1.93. The Kier molecular flexibility index (Phi) is 3.35. The first-order valence-corrected chi connectivity index (χ1v) is 5.61. The second-order valence-corrected chi connectivity index (χ2v) is 4.20. The van der Waals surface area contributed by atoms with E-state index in [1.54, 1.807) is 11.0 Å². The molecule has 1 aromatic rings. The number of amides is 1. The van der Waals surface area contributed by atoms with Gasteiger partial charge in [-0.1, -0.05) is 0 Å². The number of nitrogens with zero attached hydrogens (tertiary/aromatic N) is 3.